The Kier molecular flexibility index (Phi) is 6.62. The van der Waals surface area contributed by atoms with E-state index in [1.807, 2.05) is 12.1 Å². The third-order valence-corrected chi connectivity index (χ3v) is 6.09. The number of aliphatic carboxylic acids is 1. The zero-order chi connectivity index (χ0) is 20.3. The summed E-state index contributed by atoms with van der Waals surface area (Å²) in [5.41, 5.74) is 3.46. The molecule has 1 N–H and O–H groups in total. The SMILES string of the molecule is COc1cc(Br)c(C(c2cccc(C)c2)N2CCC(C(=O)O)CC2)cc1OC. The van der Waals surface area contributed by atoms with Gasteiger partial charge >= 0.3 is 5.97 Å². The van der Waals surface area contributed by atoms with Gasteiger partial charge in [0.2, 0.25) is 0 Å². The van der Waals surface area contributed by atoms with Crippen molar-refractivity contribution in [3.05, 3.63) is 57.6 Å². The molecule has 0 aromatic heterocycles. The molecule has 1 heterocycles. The number of hydrogen-bond donors (Lipinski definition) is 1. The molecule has 1 aliphatic rings. The first-order valence-electron chi connectivity index (χ1n) is 9.39. The Morgan fingerprint density at radius 2 is 1.79 bits per heavy atom. The van der Waals surface area contributed by atoms with Gasteiger partial charge in [-0.1, -0.05) is 45.8 Å². The van der Waals surface area contributed by atoms with Gasteiger partial charge in [0.1, 0.15) is 0 Å². The minimum absolute atomic E-state index is 0.00354. The highest BCUT2D eigenvalue weighted by molar-refractivity contribution is 9.10. The van der Waals surface area contributed by atoms with Crippen LogP contribution in [-0.4, -0.2) is 43.3 Å². The molecule has 1 fully saturated rings. The van der Waals surface area contributed by atoms with Crippen molar-refractivity contribution in [1.29, 1.82) is 0 Å². The summed E-state index contributed by atoms with van der Waals surface area (Å²) >= 11 is 3.71. The van der Waals surface area contributed by atoms with Gasteiger partial charge < -0.3 is 14.6 Å². The highest BCUT2D eigenvalue weighted by Crippen LogP contribution is 2.41. The molecule has 1 atom stereocenters. The largest absolute Gasteiger partial charge is 0.493 e. The maximum atomic E-state index is 11.4. The summed E-state index contributed by atoms with van der Waals surface area (Å²) in [4.78, 5) is 13.7. The van der Waals surface area contributed by atoms with Crippen molar-refractivity contribution in [3.8, 4) is 11.5 Å². The van der Waals surface area contributed by atoms with Crippen LogP contribution in [0.25, 0.3) is 0 Å². The second-order valence-corrected chi connectivity index (χ2v) is 8.05. The van der Waals surface area contributed by atoms with Gasteiger partial charge in [-0.15, -0.1) is 0 Å². The highest BCUT2D eigenvalue weighted by atomic mass is 79.9. The van der Waals surface area contributed by atoms with E-state index in [1.54, 1.807) is 14.2 Å². The Labute approximate surface area is 174 Å². The first kappa shape index (κ1) is 20.7. The molecule has 0 radical (unpaired) electrons. The molecule has 0 bridgehead atoms. The van der Waals surface area contributed by atoms with Gasteiger partial charge in [0.25, 0.3) is 0 Å². The topological polar surface area (TPSA) is 59.0 Å². The molecule has 0 saturated carbocycles. The smallest absolute Gasteiger partial charge is 0.306 e. The van der Waals surface area contributed by atoms with Gasteiger partial charge in [-0.05, 0) is 56.1 Å². The average Bonchev–Trinajstić information content (AvgIpc) is 2.69. The monoisotopic (exact) mass is 447 g/mol. The summed E-state index contributed by atoms with van der Waals surface area (Å²) in [6.45, 7) is 3.55. The fraction of sp³-hybridized carbons (Fsp3) is 0.409. The van der Waals surface area contributed by atoms with E-state index in [9.17, 15) is 9.90 Å². The van der Waals surface area contributed by atoms with E-state index in [-0.39, 0.29) is 12.0 Å². The van der Waals surface area contributed by atoms with Gasteiger partial charge in [-0.2, -0.15) is 0 Å². The van der Waals surface area contributed by atoms with E-state index in [4.69, 9.17) is 9.47 Å². The third kappa shape index (κ3) is 4.33. The van der Waals surface area contributed by atoms with Gasteiger partial charge in [-0.25, -0.2) is 0 Å². The number of carboxylic acids is 1. The molecule has 3 rings (SSSR count). The van der Waals surface area contributed by atoms with E-state index < -0.39 is 5.97 Å². The van der Waals surface area contributed by atoms with Gasteiger partial charge in [-0.3, -0.25) is 9.69 Å². The lowest BCUT2D eigenvalue weighted by molar-refractivity contribution is -0.143. The molecule has 1 unspecified atom stereocenters. The number of rotatable bonds is 6. The molecule has 6 heteroatoms. The minimum atomic E-state index is -0.695. The van der Waals surface area contributed by atoms with Crippen LogP contribution >= 0.6 is 15.9 Å². The number of piperidine rings is 1. The molecular weight excluding hydrogens is 422 g/mol. The van der Waals surface area contributed by atoms with Gasteiger partial charge in [0.05, 0.1) is 26.2 Å². The van der Waals surface area contributed by atoms with Crippen molar-refractivity contribution in [2.24, 2.45) is 5.92 Å². The van der Waals surface area contributed by atoms with Crippen LogP contribution in [0.5, 0.6) is 11.5 Å². The Morgan fingerprint density at radius 3 is 2.36 bits per heavy atom. The second-order valence-electron chi connectivity index (χ2n) is 7.19. The van der Waals surface area contributed by atoms with Crippen LogP contribution in [0.15, 0.2) is 40.9 Å². The number of carbonyl (C=O) groups is 1. The predicted molar refractivity (Wildman–Crippen MR) is 112 cm³/mol. The van der Waals surface area contributed by atoms with Crippen molar-refractivity contribution in [1.82, 2.24) is 4.90 Å². The van der Waals surface area contributed by atoms with Crippen LogP contribution in [0.4, 0.5) is 0 Å². The highest BCUT2D eigenvalue weighted by Gasteiger charge is 2.31. The van der Waals surface area contributed by atoms with Crippen LogP contribution in [0.3, 0.4) is 0 Å². The molecule has 1 aliphatic heterocycles. The quantitative estimate of drug-likeness (QED) is 0.697. The third-order valence-electron chi connectivity index (χ3n) is 5.40. The average molecular weight is 448 g/mol. The van der Waals surface area contributed by atoms with Crippen molar-refractivity contribution < 1.29 is 19.4 Å². The number of hydrogen-bond acceptors (Lipinski definition) is 4. The van der Waals surface area contributed by atoms with Crippen molar-refractivity contribution in [3.63, 3.8) is 0 Å². The number of ether oxygens (including phenoxy) is 2. The first-order valence-corrected chi connectivity index (χ1v) is 10.2. The van der Waals surface area contributed by atoms with E-state index in [0.717, 1.165) is 23.1 Å². The van der Waals surface area contributed by atoms with E-state index in [2.05, 4.69) is 52.0 Å². The normalized spacial score (nSPS) is 16.6. The first-order chi connectivity index (χ1) is 13.4. The molecule has 2 aromatic carbocycles. The second kappa shape index (κ2) is 8.97. The number of aryl methyl sites for hydroxylation is 1. The summed E-state index contributed by atoms with van der Waals surface area (Å²) < 4.78 is 11.9. The zero-order valence-corrected chi connectivity index (χ0v) is 18.0. The number of benzene rings is 2. The maximum Gasteiger partial charge on any atom is 0.306 e. The standard InChI is InChI=1S/C22H26BrNO4/c1-14-5-4-6-16(11-14)21(24-9-7-15(8-10-24)22(25)26)17-12-19(27-2)20(28-3)13-18(17)23/h4-6,11-13,15,21H,7-10H2,1-3H3,(H,25,26). The predicted octanol–water partition coefficient (Wildman–Crippen LogP) is 4.66. The van der Waals surface area contributed by atoms with Crippen LogP contribution in [0, 0.1) is 12.8 Å². The molecule has 150 valence electrons. The van der Waals surface area contributed by atoms with Gasteiger partial charge in [0, 0.05) is 4.47 Å². The lowest BCUT2D eigenvalue weighted by Gasteiger charge is -2.37. The molecule has 0 amide bonds. The number of methoxy groups -OCH3 is 2. The molecule has 1 saturated heterocycles. The Morgan fingerprint density at radius 1 is 1.14 bits per heavy atom. The minimum Gasteiger partial charge on any atom is -0.493 e. The lowest BCUT2D eigenvalue weighted by atomic mass is 9.90. The Bertz CT molecular complexity index is 846. The number of nitrogens with zero attached hydrogens (tertiary/aromatic N) is 1. The molecular formula is C22H26BrNO4. The number of halogens is 1. The van der Waals surface area contributed by atoms with Crippen LogP contribution in [0.2, 0.25) is 0 Å². The molecule has 0 spiro atoms. The Hall–Kier alpha value is -2.05. The molecule has 0 aliphatic carbocycles. The van der Waals surface area contributed by atoms with Gasteiger partial charge in [0.15, 0.2) is 11.5 Å². The summed E-state index contributed by atoms with van der Waals surface area (Å²) in [5, 5.41) is 9.35. The Balaban J connectivity index is 2.04. The molecule has 28 heavy (non-hydrogen) atoms. The molecule has 2 aromatic rings. The van der Waals surface area contributed by atoms with Crippen LogP contribution < -0.4 is 9.47 Å². The lowest BCUT2D eigenvalue weighted by Crippen LogP contribution is -2.39. The summed E-state index contributed by atoms with van der Waals surface area (Å²) in [5.74, 6) is 0.395. The van der Waals surface area contributed by atoms with Crippen molar-refractivity contribution >= 4 is 21.9 Å². The van der Waals surface area contributed by atoms with Crippen LogP contribution in [-0.2, 0) is 4.79 Å². The maximum absolute atomic E-state index is 11.4. The van der Waals surface area contributed by atoms with E-state index in [0.29, 0.717) is 24.3 Å². The number of carboxylic acid groups (broad SMARTS) is 1. The summed E-state index contributed by atoms with van der Waals surface area (Å²) in [6, 6.07) is 12.4. The van der Waals surface area contributed by atoms with Crippen molar-refractivity contribution in [2.45, 2.75) is 25.8 Å². The van der Waals surface area contributed by atoms with E-state index in [1.165, 1.54) is 11.1 Å². The summed E-state index contributed by atoms with van der Waals surface area (Å²) in [7, 11) is 3.26. The fourth-order valence-corrected chi connectivity index (χ4v) is 4.45. The fourth-order valence-electron chi connectivity index (χ4n) is 3.91. The molecule has 5 nitrogen and oxygen atoms in total. The summed E-state index contributed by atoms with van der Waals surface area (Å²) in [6.07, 6.45) is 1.31. The van der Waals surface area contributed by atoms with Crippen molar-refractivity contribution in [2.75, 3.05) is 27.3 Å². The van der Waals surface area contributed by atoms with Crippen LogP contribution in [0.1, 0.15) is 35.6 Å². The number of likely N-dealkylation sites (tertiary alicyclic amines) is 1. The zero-order valence-electron chi connectivity index (χ0n) is 16.4. The van der Waals surface area contributed by atoms with E-state index >= 15 is 0 Å².